The van der Waals surface area contributed by atoms with E-state index in [0.717, 1.165) is 22.7 Å². The summed E-state index contributed by atoms with van der Waals surface area (Å²) in [7, 11) is 0. The van der Waals surface area contributed by atoms with E-state index in [2.05, 4.69) is 25.3 Å². The summed E-state index contributed by atoms with van der Waals surface area (Å²) in [6.45, 7) is 0. The molecule has 1 amide bonds. The van der Waals surface area contributed by atoms with Crippen molar-refractivity contribution in [3.63, 3.8) is 0 Å². The molecule has 0 aliphatic heterocycles. The number of hydrogen-bond acceptors (Lipinski definition) is 6. The molecule has 2 aromatic heterocycles. The number of benzene rings is 3. The molecule has 5 aromatic rings. The van der Waals surface area contributed by atoms with Gasteiger partial charge in [-0.2, -0.15) is 0 Å². The second-order valence-electron chi connectivity index (χ2n) is 7.00. The molecule has 32 heavy (non-hydrogen) atoms. The monoisotopic (exact) mass is 422 g/mol. The SMILES string of the molecule is NC(=O)c1ccc(-c2nc(Nc3ccc(Oc4ccccc4)cc3)c3[nH]cnc3n2)cc1. The number of amides is 1. The van der Waals surface area contributed by atoms with Crippen molar-refractivity contribution in [1.29, 1.82) is 0 Å². The average molecular weight is 422 g/mol. The summed E-state index contributed by atoms with van der Waals surface area (Å²) >= 11 is 0. The molecule has 0 spiro atoms. The van der Waals surface area contributed by atoms with Crippen LogP contribution in [0.15, 0.2) is 85.2 Å². The predicted octanol–water partition coefficient (Wildman–Crippen LogP) is 4.65. The van der Waals surface area contributed by atoms with E-state index >= 15 is 0 Å². The summed E-state index contributed by atoms with van der Waals surface area (Å²) in [6.07, 6.45) is 1.57. The van der Waals surface area contributed by atoms with Crippen LogP contribution in [0.4, 0.5) is 11.5 Å². The van der Waals surface area contributed by atoms with Crippen molar-refractivity contribution in [2.75, 3.05) is 5.32 Å². The molecule has 156 valence electrons. The second-order valence-corrected chi connectivity index (χ2v) is 7.00. The van der Waals surface area contributed by atoms with Crippen molar-refractivity contribution in [3.8, 4) is 22.9 Å². The smallest absolute Gasteiger partial charge is 0.248 e. The molecule has 8 heteroatoms. The van der Waals surface area contributed by atoms with Crippen molar-refractivity contribution < 1.29 is 9.53 Å². The Kier molecular flexibility index (Phi) is 4.93. The number of ether oxygens (including phenoxy) is 1. The van der Waals surface area contributed by atoms with Crippen LogP contribution in [0.5, 0.6) is 11.5 Å². The summed E-state index contributed by atoms with van der Waals surface area (Å²) < 4.78 is 5.84. The zero-order valence-corrected chi connectivity index (χ0v) is 16.8. The van der Waals surface area contributed by atoms with Crippen molar-refractivity contribution >= 4 is 28.6 Å². The number of nitrogens with one attached hydrogen (secondary N) is 2. The first-order valence-electron chi connectivity index (χ1n) is 9.87. The summed E-state index contributed by atoms with van der Waals surface area (Å²) in [6, 6.07) is 24.0. The Labute approximate surface area is 183 Å². The van der Waals surface area contributed by atoms with E-state index in [0.29, 0.717) is 28.4 Å². The van der Waals surface area contributed by atoms with Gasteiger partial charge in [-0.1, -0.05) is 30.3 Å². The zero-order chi connectivity index (χ0) is 21.9. The van der Waals surface area contributed by atoms with Gasteiger partial charge < -0.3 is 20.8 Å². The molecular formula is C24H18N6O2. The molecule has 4 N–H and O–H groups in total. The van der Waals surface area contributed by atoms with E-state index in [9.17, 15) is 4.79 Å². The molecular weight excluding hydrogens is 404 g/mol. The van der Waals surface area contributed by atoms with Crippen molar-refractivity contribution in [2.24, 2.45) is 5.73 Å². The predicted molar refractivity (Wildman–Crippen MR) is 122 cm³/mol. The lowest BCUT2D eigenvalue weighted by Gasteiger charge is -2.10. The number of carbonyl (C=O) groups excluding carboxylic acids is 1. The van der Waals surface area contributed by atoms with Gasteiger partial charge in [0, 0.05) is 16.8 Å². The third-order valence-corrected chi connectivity index (χ3v) is 4.81. The molecule has 0 saturated carbocycles. The Bertz CT molecular complexity index is 1380. The number of anilines is 2. The van der Waals surface area contributed by atoms with Crippen LogP contribution < -0.4 is 15.8 Å². The first kappa shape index (κ1) is 19.3. The van der Waals surface area contributed by atoms with Gasteiger partial charge >= 0.3 is 0 Å². The molecule has 0 radical (unpaired) electrons. The number of fused-ring (bicyclic) bond motifs is 1. The number of H-pyrrole nitrogens is 1. The number of hydrogen-bond donors (Lipinski definition) is 3. The Morgan fingerprint density at radius 1 is 0.875 bits per heavy atom. The largest absolute Gasteiger partial charge is 0.457 e. The Morgan fingerprint density at radius 2 is 1.59 bits per heavy atom. The van der Waals surface area contributed by atoms with Crippen LogP contribution in [0.3, 0.4) is 0 Å². The highest BCUT2D eigenvalue weighted by atomic mass is 16.5. The number of aromatic amines is 1. The maximum Gasteiger partial charge on any atom is 0.248 e. The van der Waals surface area contributed by atoms with Crippen LogP contribution in [0.1, 0.15) is 10.4 Å². The molecule has 0 unspecified atom stereocenters. The van der Waals surface area contributed by atoms with Gasteiger partial charge in [-0.3, -0.25) is 4.79 Å². The second kappa shape index (κ2) is 8.19. The first-order valence-corrected chi connectivity index (χ1v) is 9.87. The van der Waals surface area contributed by atoms with Crippen LogP contribution in [0.25, 0.3) is 22.6 Å². The quantitative estimate of drug-likeness (QED) is 0.366. The van der Waals surface area contributed by atoms with Gasteiger partial charge in [-0.05, 0) is 48.5 Å². The molecule has 0 aliphatic carbocycles. The zero-order valence-electron chi connectivity index (χ0n) is 16.8. The summed E-state index contributed by atoms with van der Waals surface area (Å²) in [5.41, 5.74) is 8.53. The van der Waals surface area contributed by atoms with E-state index in [1.54, 1.807) is 30.6 Å². The van der Waals surface area contributed by atoms with Crippen molar-refractivity contribution in [3.05, 3.63) is 90.8 Å². The van der Waals surface area contributed by atoms with Crippen LogP contribution in [0.2, 0.25) is 0 Å². The van der Waals surface area contributed by atoms with Crippen LogP contribution in [-0.4, -0.2) is 25.8 Å². The van der Waals surface area contributed by atoms with Gasteiger partial charge in [0.1, 0.15) is 17.0 Å². The third kappa shape index (κ3) is 3.97. The topological polar surface area (TPSA) is 119 Å². The minimum atomic E-state index is -0.484. The Morgan fingerprint density at radius 3 is 2.31 bits per heavy atom. The van der Waals surface area contributed by atoms with Gasteiger partial charge in [0.2, 0.25) is 5.91 Å². The maximum absolute atomic E-state index is 11.3. The number of rotatable bonds is 6. The fraction of sp³-hybridized carbons (Fsp3) is 0. The molecule has 8 nitrogen and oxygen atoms in total. The number of nitrogens with two attached hydrogens (primary N) is 1. The van der Waals surface area contributed by atoms with E-state index in [1.165, 1.54) is 0 Å². The first-order chi connectivity index (χ1) is 15.7. The maximum atomic E-state index is 11.3. The Balaban J connectivity index is 1.42. The highest BCUT2D eigenvalue weighted by Gasteiger charge is 2.12. The van der Waals surface area contributed by atoms with Gasteiger partial charge in [0.15, 0.2) is 17.3 Å². The van der Waals surface area contributed by atoms with E-state index in [4.69, 9.17) is 10.5 Å². The van der Waals surface area contributed by atoms with Gasteiger partial charge in [-0.15, -0.1) is 0 Å². The molecule has 0 bridgehead atoms. The number of primary amides is 1. The molecule has 0 saturated heterocycles. The average Bonchev–Trinajstić information content (AvgIpc) is 3.30. The minimum Gasteiger partial charge on any atom is -0.457 e. The van der Waals surface area contributed by atoms with Gasteiger partial charge in [0.25, 0.3) is 0 Å². The highest BCUT2D eigenvalue weighted by Crippen LogP contribution is 2.28. The van der Waals surface area contributed by atoms with E-state index in [-0.39, 0.29) is 0 Å². The van der Waals surface area contributed by atoms with Crippen LogP contribution >= 0.6 is 0 Å². The van der Waals surface area contributed by atoms with Gasteiger partial charge in [0.05, 0.1) is 6.33 Å². The molecule has 2 heterocycles. The standard InChI is InChI=1S/C24H18N6O2/c25-21(31)15-6-8-16(9-7-15)22-29-23-20(26-14-27-23)24(30-22)28-17-10-12-19(13-11-17)32-18-4-2-1-3-5-18/h1-14H,(H2,25,31)(H2,26,27,28,29,30). The summed E-state index contributed by atoms with van der Waals surface area (Å²) in [5, 5.41) is 3.31. The molecule has 0 fully saturated rings. The summed E-state index contributed by atoms with van der Waals surface area (Å²) in [5.74, 6) is 2.08. The minimum absolute atomic E-state index is 0.422. The lowest BCUT2D eigenvalue weighted by molar-refractivity contribution is 0.100. The van der Waals surface area contributed by atoms with Crippen LogP contribution in [0, 0.1) is 0 Å². The lowest BCUT2D eigenvalue weighted by atomic mass is 10.1. The lowest BCUT2D eigenvalue weighted by Crippen LogP contribution is -2.10. The molecule has 0 aliphatic rings. The fourth-order valence-corrected chi connectivity index (χ4v) is 3.20. The molecule has 5 rings (SSSR count). The number of para-hydroxylation sites is 1. The Hall–Kier alpha value is -4.72. The van der Waals surface area contributed by atoms with E-state index < -0.39 is 5.91 Å². The van der Waals surface area contributed by atoms with Crippen molar-refractivity contribution in [1.82, 2.24) is 19.9 Å². The van der Waals surface area contributed by atoms with Crippen molar-refractivity contribution in [2.45, 2.75) is 0 Å². The number of aromatic nitrogens is 4. The van der Waals surface area contributed by atoms with Crippen LogP contribution in [-0.2, 0) is 0 Å². The highest BCUT2D eigenvalue weighted by molar-refractivity contribution is 5.93. The van der Waals surface area contributed by atoms with Gasteiger partial charge in [-0.25, -0.2) is 15.0 Å². The number of nitrogens with zero attached hydrogens (tertiary/aromatic N) is 3. The summed E-state index contributed by atoms with van der Waals surface area (Å²) in [4.78, 5) is 27.9. The molecule has 3 aromatic carbocycles. The number of carbonyl (C=O) groups is 1. The molecule has 0 atom stereocenters. The van der Waals surface area contributed by atoms with E-state index in [1.807, 2.05) is 54.6 Å². The third-order valence-electron chi connectivity index (χ3n) is 4.81. The number of imidazole rings is 1. The normalized spacial score (nSPS) is 10.8. The fourth-order valence-electron chi connectivity index (χ4n) is 3.20.